The molecule has 45 heavy (non-hydrogen) atoms. The van der Waals surface area contributed by atoms with Crippen LogP contribution in [-0.4, -0.2) is 89.5 Å². The van der Waals surface area contributed by atoms with E-state index in [-0.39, 0.29) is 24.2 Å². The van der Waals surface area contributed by atoms with Crippen molar-refractivity contribution in [1.29, 1.82) is 0 Å². The third-order valence-electron chi connectivity index (χ3n) is 9.30. The Bertz CT molecular complexity index is 1180. The van der Waals surface area contributed by atoms with E-state index in [1.54, 1.807) is 12.0 Å². The summed E-state index contributed by atoms with van der Waals surface area (Å²) in [7, 11) is 0.273. The van der Waals surface area contributed by atoms with Crippen LogP contribution in [0.3, 0.4) is 0 Å². The molecule has 2 aromatic rings. The zero-order valence-corrected chi connectivity index (χ0v) is 29.8. The third kappa shape index (κ3) is 11.2. The number of nitrogens with zero attached hydrogens (tertiary/aromatic N) is 4. The largest absolute Gasteiger partial charge is 0.546 e. The van der Waals surface area contributed by atoms with E-state index in [2.05, 4.69) is 50.7 Å². The number of ether oxygens (including phenoxy) is 2. The highest BCUT2D eigenvalue weighted by molar-refractivity contribution is 7.14. The van der Waals surface area contributed by atoms with Crippen molar-refractivity contribution in [2.75, 3.05) is 50.1 Å². The number of hydrogen-bond acceptors (Lipinski definition) is 8. The van der Waals surface area contributed by atoms with E-state index < -0.39 is 25.3 Å². The molecular weight excluding hydrogens is 607 g/mol. The average molecular weight is 662 g/mol. The van der Waals surface area contributed by atoms with Crippen LogP contribution in [-0.2, 0) is 9.47 Å². The van der Waals surface area contributed by atoms with Gasteiger partial charge in [-0.15, -0.1) is 0 Å². The van der Waals surface area contributed by atoms with Gasteiger partial charge in [-0.25, -0.2) is 4.79 Å². The summed E-state index contributed by atoms with van der Waals surface area (Å²) in [5, 5.41) is 13.7. The van der Waals surface area contributed by atoms with E-state index in [1.165, 1.54) is 19.3 Å². The molecule has 5 atom stereocenters. The standard InChI is InChI=1S/C33H55N5O5SSi/c1-25(42-2)24-43-30(27-15-10-7-11-16-27)28-17-12-18-37(22-28)32-31(35-44(41)36-32)34-29(21-26-13-8-6-9-14-26)23-38(33(39)40)19-20-45(3,4)5/h7,10-11,15-16,25-26,28-30H,6,8-9,12-14,17-24H2,1-5H3,(H,34,35)(H,39,40)/t25?,28?,29-,30?,44?/m1/s1. The Labute approximate surface area is 274 Å². The van der Waals surface area contributed by atoms with Gasteiger partial charge in [-0.2, -0.15) is 0 Å². The van der Waals surface area contributed by atoms with Gasteiger partial charge < -0.3 is 34.2 Å². The normalized spacial score (nSPS) is 20.4. The molecule has 1 aromatic heterocycles. The summed E-state index contributed by atoms with van der Waals surface area (Å²) < 4.78 is 33.7. The molecule has 4 unspecified atom stereocenters. The Kier molecular flexibility index (Phi) is 13.5. The third-order valence-corrected chi connectivity index (χ3v) is 11.7. The van der Waals surface area contributed by atoms with E-state index in [4.69, 9.17) is 9.47 Å². The van der Waals surface area contributed by atoms with Crippen LogP contribution in [0.1, 0.15) is 70.0 Å². The van der Waals surface area contributed by atoms with Crippen molar-refractivity contribution < 1.29 is 23.9 Å². The molecule has 1 aliphatic heterocycles. The quantitative estimate of drug-likeness (QED) is 0.141. The molecule has 4 rings (SSSR count). The SMILES string of the molecule is COC(C)COC(c1ccccc1)C1CCCN(c2n[s+]([O-])nc2N[C@H](CC2CCCCC2)CN(CC[Si](C)(C)C)C(=O)O)C1. The minimum atomic E-state index is -1.71. The van der Waals surface area contributed by atoms with Crippen molar-refractivity contribution in [3.05, 3.63) is 35.9 Å². The molecule has 0 bridgehead atoms. The number of nitrogens with one attached hydrogen (secondary N) is 1. The summed E-state index contributed by atoms with van der Waals surface area (Å²) in [6.07, 6.45) is 7.83. The minimum absolute atomic E-state index is 0.0160. The number of anilines is 2. The molecule has 1 aliphatic carbocycles. The predicted octanol–water partition coefficient (Wildman–Crippen LogP) is 7.28. The van der Waals surface area contributed by atoms with Crippen molar-refractivity contribution in [3.63, 3.8) is 0 Å². The first kappa shape index (κ1) is 35.6. The highest BCUT2D eigenvalue weighted by Crippen LogP contribution is 2.38. The van der Waals surface area contributed by atoms with Crippen molar-refractivity contribution in [2.24, 2.45) is 11.8 Å². The Morgan fingerprint density at radius 1 is 1.16 bits per heavy atom. The van der Waals surface area contributed by atoms with Gasteiger partial charge in [0, 0.05) is 62.1 Å². The fourth-order valence-electron chi connectivity index (χ4n) is 6.66. The van der Waals surface area contributed by atoms with Gasteiger partial charge in [0.05, 0.1) is 18.8 Å². The van der Waals surface area contributed by atoms with Crippen LogP contribution < -0.4 is 10.2 Å². The van der Waals surface area contributed by atoms with Crippen LogP contribution in [0.5, 0.6) is 0 Å². The lowest BCUT2D eigenvalue weighted by atomic mass is 9.84. The van der Waals surface area contributed by atoms with Crippen LogP contribution in [0.15, 0.2) is 30.3 Å². The van der Waals surface area contributed by atoms with Gasteiger partial charge in [-0.1, -0.05) is 82.1 Å². The summed E-state index contributed by atoms with van der Waals surface area (Å²) in [5.41, 5.74) is 1.14. The van der Waals surface area contributed by atoms with Gasteiger partial charge in [-0.05, 0) is 43.7 Å². The number of piperidine rings is 1. The van der Waals surface area contributed by atoms with Gasteiger partial charge >= 0.3 is 6.09 Å². The number of amides is 1. The molecule has 1 saturated heterocycles. The number of benzene rings is 1. The Balaban J connectivity index is 1.54. The Morgan fingerprint density at radius 3 is 2.56 bits per heavy atom. The van der Waals surface area contributed by atoms with Crippen molar-refractivity contribution in [3.8, 4) is 0 Å². The van der Waals surface area contributed by atoms with E-state index in [0.29, 0.717) is 43.8 Å². The molecule has 10 nitrogen and oxygen atoms in total. The molecule has 2 heterocycles. The topological polar surface area (TPSA) is 123 Å². The number of aromatic nitrogens is 2. The number of carboxylic acid groups (broad SMARTS) is 1. The van der Waals surface area contributed by atoms with Gasteiger partial charge in [-0.3, -0.25) is 0 Å². The smallest absolute Gasteiger partial charge is 0.407 e. The first-order valence-electron chi connectivity index (χ1n) is 16.8. The highest BCUT2D eigenvalue weighted by Gasteiger charge is 2.34. The fourth-order valence-corrected chi connectivity index (χ4v) is 8.28. The maximum atomic E-state index is 12.8. The molecule has 0 spiro atoms. The van der Waals surface area contributed by atoms with Crippen LogP contribution in [0.2, 0.25) is 25.7 Å². The zero-order chi connectivity index (χ0) is 32.4. The summed E-state index contributed by atoms with van der Waals surface area (Å²) in [5.74, 6) is 1.88. The summed E-state index contributed by atoms with van der Waals surface area (Å²) in [4.78, 5) is 16.1. The first-order valence-corrected chi connectivity index (χ1v) is 21.6. The van der Waals surface area contributed by atoms with E-state index in [0.717, 1.165) is 50.3 Å². The lowest BCUT2D eigenvalue weighted by Gasteiger charge is -2.37. The van der Waals surface area contributed by atoms with Gasteiger partial charge in [0.2, 0.25) is 11.6 Å². The molecule has 2 aliphatic rings. The van der Waals surface area contributed by atoms with Crippen molar-refractivity contribution in [2.45, 2.75) is 102 Å². The van der Waals surface area contributed by atoms with Gasteiger partial charge in [0.25, 0.3) is 0 Å². The molecule has 0 radical (unpaired) electrons. The summed E-state index contributed by atoms with van der Waals surface area (Å²) >= 11 is -1.71. The Morgan fingerprint density at radius 2 is 1.89 bits per heavy atom. The van der Waals surface area contributed by atoms with Gasteiger partial charge in [0.1, 0.15) is 0 Å². The van der Waals surface area contributed by atoms with Gasteiger partial charge in [0.15, 0.2) is 11.1 Å². The van der Waals surface area contributed by atoms with Crippen LogP contribution >= 0.6 is 11.1 Å². The first-order chi connectivity index (χ1) is 21.5. The molecule has 12 heteroatoms. The molecule has 1 amide bonds. The molecular formula is C33H55N5O5SSi. The predicted molar refractivity (Wildman–Crippen MR) is 184 cm³/mol. The monoisotopic (exact) mass is 661 g/mol. The summed E-state index contributed by atoms with van der Waals surface area (Å²) in [6.45, 7) is 11.7. The highest BCUT2D eigenvalue weighted by atomic mass is 32.2. The minimum Gasteiger partial charge on any atom is -0.546 e. The second kappa shape index (κ2) is 17.1. The number of hydrogen-bond donors (Lipinski definition) is 2. The van der Waals surface area contributed by atoms with Crippen LogP contribution in [0.25, 0.3) is 0 Å². The van der Waals surface area contributed by atoms with E-state index in [9.17, 15) is 14.5 Å². The molecule has 1 saturated carbocycles. The van der Waals surface area contributed by atoms with E-state index in [1.807, 2.05) is 25.1 Å². The maximum absolute atomic E-state index is 12.8. The molecule has 2 N–H and O–H groups in total. The lowest BCUT2D eigenvalue weighted by Crippen LogP contribution is -2.43. The van der Waals surface area contributed by atoms with Crippen LogP contribution in [0, 0.1) is 11.8 Å². The van der Waals surface area contributed by atoms with Crippen LogP contribution in [0.4, 0.5) is 16.4 Å². The second-order valence-corrected chi connectivity index (χ2v) is 20.7. The molecule has 252 valence electrons. The number of carbonyl (C=O) groups is 1. The fraction of sp³-hybridized carbons (Fsp3) is 0.727. The lowest BCUT2D eigenvalue weighted by molar-refractivity contribution is -0.0461. The number of rotatable bonds is 16. The van der Waals surface area contributed by atoms with Crippen molar-refractivity contribution in [1.82, 2.24) is 13.6 Å². The zero-order valence-electron chi connectivity index (χ0n) is 28.0. The number of methoxy groups -OCH3 is 1. The average Bonchev–Trinajstić information content (AvgIpc) is 3.39. The Hall–Kier alpha value is -2.25. The molecule has 2 fully saturated rings. The summed E-state index contributed by atoms with van der Waals surface area (Å²) in [6, 6.07) is 11.1. The maximum Gasteiger partial charge on any atom is 0.407 e. The van der Waals surface area contributed by atoms with E-state index >= 15 is 0 Å². The second-order valence-electron chi connectivity index (χ2n) is 14.3. The van der Waals surface area contributed by atoms with Crippen molar-refractivity contribution >= 4 is 36.9 Å². The molecule has 1 aromatic carbocycles.